The molecule has 0 aromatic heterocycles. The van der Waals surface area contributed by atoms with Gasteiger partial charge in [0.05, 0.1) is 6.61 Å². The first-order chi connectivity index (χ1) is 15.0. The van der Waals surface area contributed by atoms with E-state index in [-0.39, 0.29) is 5.91 Å². The minimum atomic E-state index is -1.47. The molecule has 1 amide bonds. The summed E-state index contributed by atoms with van der Waals surface area (Å²) in [6, 6.07) is 0. The van der Waals surface area contributed by atoms with Crippen LogP contribution in [0.25, 0.3) is 0 Å². The summed E-state index contributed by atoms with van der Waals surface area (Å²) in [7, 11) is 0. The van der Waals surface area contributed by atoms with Gasteiger partial charge in [-0.2, -0.15) is 0 Å². The average Bonchev–Trinajstić information content (AvgIpc) is 2.76. The quantitative estimate of drug-likeness (QED) is 0.174. The number of amides is 1. The Morgan fingerprint density at radius 2 is 1.35 bits per heavy atom. The third-order valence-corrected chi connectivity index (χ3v) is 5.86. The van der Waals surface area contributed by atoms with Gasteiger partial charge < -0.3 is 30.5 Å². The first-order valence-corrected chi connectivity index (χ1v) is 12.3. The highest BCUT2D eigenvalue weighted by atomic mass is 16.6. The Bertz CT molecular complexity index is 485. The number of carbonyl (C=O) groups is 1. The van der Waals surface area contributed by atoms with Crippen LogP contribution >= 0.6 is 0 Å². The van der Waals surface area contributed by atoms with Crippen molar-refractivity contribution >= 4 is 5.91 Å². The molecule has 0 aliphatic carbocycles. The standard InChI is InChI=1S/C24H45NO6/c1-2-3-4-5-6-7-8-9-10-11-12-13-14-15-16-17-20(27)25-24-23(30)22(29)21(28)19(18-26)31-24/h7-8,19,21-24,26,28-30H,2-6,9-18H2,1H3,(H,25,27)/t19?,21-,22+,23?,24-/m1/s1. The van der Waals surface area contributed by atoms with Crippen LogP contribution in [0, 0.1) is 0 Å². The molecular weight excluding hydrogens is 398 g/mol. The molecule has 0 aromatic carbocycles. The van der Waals surface area contributed by atoms with Gasteiger partial charge in [-0.3, -0.25) is 4.79 Å². The Labute approximate surface area is 187 Å². The topological polar surface area (TPSA) is 119 Å². The summed E-state index contributed by atoms with van der Waals surface area (Å²) in [5, 5.41) is 41.2. The fraction of sp³-hybridized carbons (Fsp3) is 0.875. The highest BCUT2D eigenvalue weighted by Gasteiger charge is 2.43. The molecule has 1 fully saturated rings. The second-order valence-electron chi connectivity index (χ2n) is 8.65. The summed E-state index contributed by atoms with van der Waals surface area (Å²) >= 11 is 0. The zero-order valence-electron chi connectivity index (χ0n) is 19.3. The molecular formula is C24H45NO6. The zero-order chi connectivity index (χ0) is 22.9. The lowest BCUT2D eigenvalue weighted by Crippen LogP contribution is -2.63. The number of ether oxygens (including phenoxy) is 1. The number of rotatable bonds is 17. The van der Waals surface area contributed by atoms with E-state index in [4.69, 9.17) is 4.74 Å². The van der Waals surface area contributed by atoms with Crippen LogP contribution in [0.4, 0.5) is 0 Å². The summed E-state index contributed by atoms with van der Waals surface area (Å²) in [5.74, 6) is -0.272. The molecule has 0 saturated carbocycles. The Kier molecular flexibility index (Phi) is 15.9. The Morgan fingerprint density at radius 1 is 0.806 bits per heavy atom. The highest BCUT2D eigenvalue weighted by molar-refractivity contribution is 5.76. The van der Waals surface area contributed by atoms with Gasteiger partial charge in [-0.15, -0.1) is 0 Å². The molecule has 0 radical (unpaired) electrons. The fourth-order valence-electron chi connectivity index (χ4n) is 3.81. The Hall–Kier alpha value is -0.990. The van der Waals surface area contributed by atoms with E-state index in [0.29, 0.717) is 6.42 Å². The molecule has 1 heterocycles. The second-order valence-corrected chi connectivity index (χ2v) is 8.65. The maximum Gasteiger partial charge on any atom is 0.222 e. The molecule has 0 aromatic rings. The SMILES string of the molecule is CCCCCCC=CCCCCCCCCCC(=O)N[C@@H]1OC(CO)[C@@H](O)[C@H](O)C1O. The lowest BCUT2D eigenvalue weighted by molar-refractivity contribution is -0.236. The molecule has 31 heavy (non-hydrogen) atoms. The summed E-state index contributed by atoms with van der Waals surface area (Å²) in [6.07, 6.45) is 13.9. The van der Waals surface area contributed by atoms with E-state index in [9.17, 15) is 25.2 Å². The summed E-state index contributed by atoms with van der Waals surface area (Å²) < 4.78 is 5.28. The van der Waals surface area contributed by atoms with Crippen molar-refractivity contribution in [3.05, 3.63) is 12.2 Å². The maximum atomic E-state index is 12.1. The number of allylic oxidation sites excluding steroid dienone is 2. The first kappa shape index (κ1) is 28.0. The average molecular weight is 444 g/mol. The number of hydrogen-bond donors (Lipinski definition) is 5. The molecule has 0 spiro atoms. The molecule has 1 saturated heterocycles. The monoisotopic (exact) mass is 443 g/mol. The molecule has 182 valence electrons. The molecule has 5 atom stereocenters. The molecule has 1 aliphatic heterocycles. The van der Waals surface area contributed by atoms with Crippen molar-refractivity contribution in [1.82, 2.24) is 5.32 Å². The lowest BCUT2D eigenvalue weighted by atomic mass is 9.98. The Balaban J connectivity index is 1.98. The number of nitrogens with one attached hydrogen (secondary N) is 1. The van der Waals surface area contributed by atoms with Crippen LogP contribution in [0.2, 0.25) is 0 Å². The van der Waals surface area contributed by atoms with Gasteiger partial charge in [-0.05, 0) is 32.1 Å². The predicted octanol–water partition coefficient (Wildman–Crippen LogP) is 2.94. The van der Waals surface area contributed by atoms with Gasteiger partial charge in [0.15, 0.2) is 6.23 Å². The minimum absolute atomic E-state index is 0.272. The normalized spacial score (nSPS) is 26.4. The first-order valence-electron chi connectivity index (χ1n) is 12.3. The predicted molar refractivity (Wildman–Crippen MR) is 121 cm³/mol. The van der Waals surface area contributed by atoms with Crippen LogP contribution in [0.15, 0.2) is 12.2 Å². The van der Waals surface area contributed by atoms with Crippen molar-refractivity contribution in [2.45, 2.75) is 127 Å². The van der Waals surface area contributed by atoms with Gasteiger partial charge in [0, 0.05) is 6.42 Å². The van der Waals surface area contributed by atoms with Gasteiger partial charge in [-0.1, -0.05) is 70.4 Å². The Morgan fingerprint density at radius 3 is 1.94 bits per heavy atom. The van der Waals surface area contributed by atoms with E-state index < -0.39 is 37.3 Å². The van der Waals surface area contributed by atoms with Crippen molar-refractivity contribution in [2.24, 2.45) is 0 Å². The van der Waals surface area contributed by atoms with E-state index in [0.717, 1.165) is 19.3 Å². The minimum Gasteiger partial charge on any atom is -0.394 e. The van der Waals surface area contributed by atoms with Crippen molar-refractivity contribution in [3.8, 4) is 0 Å². The van der Waals surface area contributed by atoms with E-state index >= 15 is 0 Å². The summed E-state index contributed by atoms with van der Waals surface area (Å²) in [4.78, 5) is 12.1. The number of unbranched alkanes of at least 4 members (excludes halogenated alkanes) is 11. The summed E-state index contributed by atoms with van der Waals surface area (Å²) in [5.41, 5.74) is 0. The molecule has 1 rings (SSSR count). The number of aliphatic hydroxyl groups is 4. The molecule has 7 heteroatoms. The molecule has 5 N–H and O–H groups in total. The summed E-state index contributed by atoms with van der Waals surface area (Å²) in [6.45, 7) is 1.73. The maximum absolute atomic E-state index is 12.1. The van der Waals surface area contributed by atoms with Crippen LogP contribution in [-0.2, 0) is 9.53 Å². The van der Waals surface area contributed by atoms with Crippen molar-refractivity contribution in [3.63, 3.8) is 0 Å². The second kappa shape index (κ2) is 17.6. The largest absolute Gasteiger partial charge is 0.394 e. The molecule has 0 bridgehead atoms. The van der Waals surface area contributed by atoms with Gasteiger partial charge in [-0.25, -0.2) is 0 Å². The third kappa shape index (κ3) is 12.0. The molecule has 2 unspecified atom stereocenters. The van der Waals surface area contributed by atoms with Crippen LogP contribution in [-0.4, -0.2) is 63.6 Å². The number of hydrogen-bond acceptors (Lipinski definition) is 6. The van der Waals surface area contributed by atoms with Crippen molar-refractivity contribution < 1.29 is 30.0 Å². The van der Waals surface area contributed by atoms with E-state index in [1.165, 1.54) is 64.2 Å². The van der Waals surface area contributed by atoms with Crippen LogP contribution < -0.4 is 5.32 Å². The zero-order valence-corrected chi connectivity index (χ0v) is 19.3. The highest BCUT2D eigenvalue weighted by Crippen LogP contribution is 2.20. The number of aliphatic hydroxyl groups excluding tert-OH is 4. The van der Waals surface area contributed by atoms with Crippen LogP contribution in [0.1, 0.15) is 96.8 Å². The van der Waals surface area contributed by atoms with Crippen LogP contribution in [0.3, 0.4) is 0 Å². The van der Waals surface area contributed by atoms with Gasteiger partial charge >= 0.3 is 0 Å². The van der Waals surface area contributed by atoms with Gasteiger partial charge in [0.25, 0.3) is 0 Å². The third-order valence-electron chi connectivity index (χ3n) is 5.86. The lowest BCUT2D eigenvalue weighted by Gasteiger charge is -2.40. The van der Waals surface area contributed by atoms with E-state index in [1.54, 1.807) is 0 Å². The van der Waals surface area contributed by atoms with Crippen LogP contribution in [0.5, 0.6) is 0 Å². The smallest absolute Gasteiger partial charge is 0.222 e. The van der Waals surface area contributed by atoms with Crippen molar-refractivity contribution in [2.75, 3.05) is 6.61 Å². The number of carbonyl (C=O) groups excluding carboxylic acids is 1. The fourth-order valence-corrected chi connectivity index (χ4v) is 3.81. The van der Waals surface area contributed by atoms with E-state index in [1.807, 2.05) is 0 Å². The van der Waals surface area contributed by atoms with E-state index in [2.05, 4.69) is 24.4 Å². The van der Waals surface area contributed by atoms with Crippen molar-refractivity contribution in [1.29, 1.82) is 0 Å². The van der Waals surface area contributed by atoms with Gasteiger partial charge in [0.2, 0.25) is 5.91 Å². The molecule has 1 aliphatic rings. The molecule has 7 nitrogen and oxygen atoms in total. The van der Waals surface area contributed by atoms with Gasteiger partial charge in [0.1, 0.15) is 24.4 Å².